The van der Waals surface area contributed by atoms with Crippen molar-refractivity contribution in [1.29, 1.82) is 0 Å². The van der Waals surface area contributed by atoms with Crippen LogP contribution in [0, 0.1) is 0 Å². The number of hydrogen-bond donors (Lipinski definition) is 2. The van der Waals surface area contributed by atoms with Gasteiger partial charge in [-0.2, -0.15) is 0 Å². The molecule has 1 unspecified atom stereocenters. The van der Waals surface area contributed by atoms with Gasteiger partial charge in [0.2, 0.25) is 5.91 Å². The molecular formula is C23H25N5O4. The molecule has 166 valence electrons. The van der Waals surface area contributed by atoms with Crippen molar-refractivity contribution in [3.05, 3.63) is 72.1 Å². The van der Waals surface area contributed by atoms with Crippen LogP contribution >= 0.6 is 0 Å². The van der Waals surface area contributed by atoms with E-state index < -0.39 is 12.1 Å². The molecule has 4 rings (SSSR count). The lowest BCUT2D eigenvalue weighted by Crippen LogP contribution is -2.61. The van der Waals surface area contributed by atoms with E-state index in [-0.39, 0.29) is 24.9 Å². The van der Waals surface area contributed by atoms with Gasteiger partial charge in [-0.1, -0.05) is 36.4 Å². The standard InChI is InChI=1S/C23H25N5O4/c1-3-26-14-19-21(25-26)22(30)28(13-16-8-5-4-6-9-16)23(31)27(19)15-20(29)24-17-10-7-11-18(12-17)32-2/h4-12,14,21,25H,3,13,15H2,1-2H3,(H,24,29). The molecule has 2 aliphatic heterocycles. The Hall–Kier alpha value is -3.85. The Morgan fingerprint density at radius 2 is 1.88 bits per heavy atom. The first-order valence-corrected chi connectivity index (χ1v) is 10.4. The minimum atomic E-state index is -0.721. The number of nitrogens with one attached hydrogen (secondary N) is 2. The summed E-state index contributed by atoms with van der Waals surface area (Å²) < 4.78 is 5.18. The lowest BCUT2D eigenvalue weighted by Gasteiger charge is -2.37. The normalized spacial score (nSPS) is 17.9. The Morgan fingerprint density at radius 1 is 1.09 bits per heavy atom. The summed E-state index contributed by atoms with van der Waals surface area (Å²) in [7, 11) is 1.55. The SMILES string of the molecule is CCN1C=C2C(N1)C(=O)N(Cc1ccccc1)C(=O)N2CC(=O)Nc1cccc(OC)c1. The van der Waals surface area contributed by atoms with Crippen molar-refractivity contribution in [1.82, 2.24) is 20.2 Å². The van der Waals surface area contributed by atoms with Crippen LogP contribution in [-0.4, -0.2) is 58.9 Å². The Labute approximate surface area is 186 Å². The molecule has 2 aliphatic rings. The van der Waals surface area contributed by atoms with Crippen molar-refractivity contribution in [2.45, 2.75) is 19.5 Å². The molecule has 9 heteroatoms. The average Bonchev–Trinajstić information content (AvgIpc) is 3.25. The number of benzene rings is 2. The number of hydrazine groups is 1. The third kappa shape index (κ3) is 4.28. The fourth-order valence-corrected chi connectivity index (χ4v) is 3.71. The number of nitrogens with zero attached hydrogens (tertiary/aromatic N) is 3. The third-order valence-corrected chi connectivity index (χ3v) is 5.34. The molecule has 2 aromatic rings. The van der Waals surface area contributed by atoms with Gasteiger partial charge in [0.1, 0.15) is 18.3 Å². The van der Waals surface area contributed by atoms with E-state index in [0.29, 0.717) is 23.7 Å². The number of urea groups is 1. The summed E-state index contributed by atoms with van der Waals surface area (Å²) in [5.41, 5.74) is 4.95. The first kappa shape index (κ1) is 21.4. The summed E-state index contributed by atoms with van der Waals surface area (Å²) in [6.45, 7) is 2.43. The highest BCUT2D eigenvalue weighted by Gasteiger charge is 2.46. The molecule has 1 saturated heterocycles. The maximum atomic E-state index is 13.3. The monoisotopic (exact) mass is 435 g/mol. The number of ether oxygens (including phenoxy) is 1. The van der Waals surface area contributed by atoms with Gasteiger partial charge >= 0.3 is 6.03 Å². The number of anilines is 1. The van der Waals surface area contributed by atoms with Crippen molar-refractivity contribution in [2.75, 3.05) is 25.5 Å². The van der Waals surface area contributed by atoms with Crippen LogP contribution in [0.3, 0.4) is 0 Å². The van der Waals surface area contributed by atoms with E-state index in [1.807, 2.05) is 37.3 Å². The van der Waals surface area contributed by atoms with E-state index in [0.717, 1.165) is 5.56 Å². The molecule has 0 bridgehead atoms. The molecule has 1 fully saturated rings. The quantitative estimate of drug-likeness (QED) is 0.692. The molecule has 2 N–H and O–H groups in total. The zero-order valence-corrected chi connectivity index (χ0v) is 17.9. The van der Waals surface area contributed by atoms with Gasteiger partial charge in [0, 0.05) is 24.5 Å². The van der Waals surface area contributed by atoms with Crippen LogP contribution in [0.1, 0.15) is 12.5 Å². The lowest BCUT2D eigenvalue weighted by atomic mass is 10.1. The summed E-state index contributed by atoms with van der Waals surface area (Å²) in [5.74, 6) is -0.112. The van der Waals surface area contributed by atoms with E-state index in [1.165, 1.54) is 9.80 Å². The summed E-state index contributed by atoms with van der Waals surface area (Å²) in [6.07, 6.45) is 1.71. The van der Waals surface area contributed by atoms with Crippen molar-refractivity contribution in [3.63, 3.8) is 0 Å². The summed E-state index contributed by atoms with van der Waals surface area (Å²) >= 11 is 0. The fourth-order valence-electron chi connectivity index (χ4n) is 3.71. The second-order valence-electron chi connectivity index (χ2n) is 7.46. The molecule has 2 heterocycles. The van der Waals surface area contributed by atoms with Crippen molar-refractivity contribution >= 4 is 23.5 Å². The number of carbonyl (C=O) groups is 3. The molecule has 0 aromatic heterocycles. The van der Waals surface area contributed by atoms with Gasteiger partial charge in [-0.15, -0.1) is 0 Å². The number of imide groups is 1. The molecule has 0 aliphatic carbocycles. The van der Waals surface area contributed by atoms with Gasteiger partial charge in [0.05, 0.1) is 19.4 Å². The van der Waals surface area contributed by atoms with Gasteiger partial charge in [-0.25, -0.2) is 10.2 Å². The number of fused-ring (bicyclic) bond motifs is 1. The number of hydrogen-bond acceptors (Lipinski definition) is 6. The zero-order valence-electron chi connectivity index (χ0n) is 17.9. The van der Waals surface area contributed by atoms with Gasteiger partial charge in [0.25, 0.3) is 5.91 Å². The Bertz CT molecular complexity index is 1060. The average molecular weight is 435 g/mol. The van der Waals surface area contributed by atoms with Gasteiger partial charge in [0.15, 0.2) is 0 Å². The smallest absolute Gasteiger partial charge is 0.331 e. The highest BCUT2D eigenvalue weighted by atomic mass is 16.5. The zero-order chi connectivity index (χ0) is 22.7. The molecule has 32 heavy (non-hydrogen) atoms. The van der Waals surface area contributed by atoms with E-state index in [4.69, 9.17) is 4.74 Å². The Balaban J connectivity index is 1.56. The Kier molecular flexibility index (Phi) is 6.09. The van der Waals surface area contributed by atoms with Gasteiger partial charge in [-0.3, -0.25) is 19.4 Å². The van der Waals surface area contributed by atoms with Crippen LogP contribution < -0.4 is 15.5 Å². The Morgan fingerprint density at radius 3 is 2.59 bits per heavy atom. The van der Waals surface area contributed by atoms with Crippen LogP contribution in [0.5, 0.6) is 5.75 Å². The number of carbonyl (C=O) groups excluding carboxylic acids is 3. The minimum Gasteiger partial charge on any atom is -0.497 e. The predicted octanol–water partition coefficient (Wildman–Crippen LogP) is 2.15. The summed E-state index contributed by atoms with van der Waals surface area (Å²) in [6, 6.07) is 15.0. The van der Waals surface area contributed by atoms with Crippen molar-refractivity contribution in [2.24, 2.45) is 0 Å². The molecule has 0 spiro atoms. The first-order chi connectivity index (χ1) is 15.5. The molecule has 1 atom stereocenters. The highest BCUT2D eigenvalue weighted by Crippen LogP contribution is 2.27. The molecule has 0 radical (unpaired) electrons. The van der Waals surface area contributed by atoms with Crippen LogP contribution in [0.4, 0.5) is 10.5 Å². The second kappa shape index (κ2) is 9.11. The predicted molar refractivity (Wildman–Crippen MR) is 118 cm³/mol. The van der Waals surface area contributed by atoms with Crippen LogP contribution in [0.2, 0.25) is 0 Å². The number of amides is 4. The molecule has 4 amide bonds. The molecule has 2 aromatic carbocycles. The van der Waals surface area contributed by atoms with Crippen LogP contribution in [0.15, 0.2) is 66.5 Å². The van der Waals surface area contributed by atoms with E-state index >= 15 is 0 Å². The minimum absolute atomic E-state index is 0.129. The van der Waals surface area contributed by atoms with Crippen molar-refractivity contribution in [3.8, 4) is 5.75 Å². The van der Waals surface area contributed by atoms with Crippen molar-refractivity contribution < 1.29 is 19.1 Å². The number of methoxy groups -OCH3 is 1. The highest BCUT2D eigenvalue weighted by molar-refractivity contribution is 6.05. The number of rotatable bonds is 7. The second-order valence-corrected chi connectivity index (χ2v) is 7.46. The van der Waals surface area contributed by atoms with Crippen LogP contribution in [-0.2, 0) is 16.1 Å². The first-order valence-electron chi connectivity index (χ1n) is 10.4. The largest absolute Gasteiger partial charge is 0.497 e. The van der Waals surface area contributed by atoms with Crippen LogP contribution in [0.25, 0.3) is 0 Å². The van der Waals surface area contributed by atoms with Gasteiger partial charge in [-0.05, 0) is 24.6 Å². The fraction of sp³-hybridized carbons (Fsp3) is 0.261. The van der Waals surface area contributed by atoms with Gasteiger partial charge < -0.3 is 15.1 Å². The maximum absolute atomic E-state index is 13.3. The maximum Gasteiger partial charge on any atom is 0.331 e. The summed E-state index contributed by atoms with van der Waals surface area (Å²) in [4.78, 5) is 41.8. The molecule has 9 nitrogen and oxygen atoms in total. The van der Waals surface area contributed by atoms with E-state index in [1.54, 1.807) is 42.6 Å². The van der Waals surface area contributed by atoms with E-state index in [2.05, 4.69) is 10.7 Å². The molecular weight excluding hydrogens is 410 g/mol. The third-order valence-electron chi connectivity index (χ3n) is 5.34. The lowest BCUT2D eigenvalue weighted by molar-refractivity contribution is -0.133. The topological polar surface area (TPSA) is 94.2 Å². The van der Waals surface area contributed by atoms with E-state index in [9.17, 15) is 14.4 Å². The summed E-state index contributed by atoms with van der Waals surface area (Å²) in [5, 5.41) is 4.53. The molecule has 0 saturated carbocycles.